The molecule has 3 atom stereocenters. The number of likely N-dealkylation sites (N-methyl/N-ethyl adjacent to an activating group) is 1. The van der Waals surface area contributed by atoms with Gasteiger partial charge in [0.2, 0.25) is 0 Å². The molecule has 2 nitrogen and oxygen atoms in total. The fourth-order valence-corrected chi connectivity index (χ4v) is 2.42. The Morgan fingerprint density at radius 1 is 1.33 bits per heavy atom. The Labute approximate surface area is 95.4 Å². The molecule has 0 spiro atoms. The summed E-state index contributed by atoms with van der Waals surface area (Å²) in [6.07, 6.45) is 5.76. The van der Waals surface area contributed by atoms with Gasteiger partial charge in [-0.05, 0) is 52.2 Å². The lowest BCUT2D eigenvalue weighted by molar-refractivity contribution is 0.256. The van der Waals surface area contributed by atoms with Gasteiger partial charge in [0.15, 0.2) is 0 Å². The SMILES string of the molecule is CC1CCCC(CNCC(C)N(C)C)C1. The van der Waals surface area contributed by atoms with Crippen molar-refractivity contribution in [2.24, 2.45) is 11.8 Å². The van der Waals surface area contributed by atoms with E-state index in [-0.39, 0.29) is 0 Å². The number of rotatable bonds is 5. The molecule has 0 aromatic carbocycles. The van der Waals surface area contributed by atoms with Gasteiger partial charge >= 0.3 is 0 Å². The molecule has 0 aromatic heterocycles. The van der Waals surface area contributed by atoms with E-state index in [1.54, 1.807) is 0 Å². The van der Waals surface area contributed by atoms with E-state index in [1.165, 1.54) is 32.2 Å². The summed E-state index contributed by atoms with van der Waals surface area (Å²) in [5.74, 6) is 1.89. The lowest BCUT2D eigenvalue weighted by atomic mass is 9.82. The molecule has 0 amide bonds. The van der Waals surface area contributed by atoms with Crippen LogP contribution in [0.25, 0.3) is 0 Å². The van der Waals surface area contributed by atoms with Crippen LogP contribution in [0.1, 0.15) is 39.5 Å². The first-order valence-corrected chi connectivity index (χ1v) is 6.46. The standard InChI is InChI=1S/C13H28N2/c1-11-6-5-7-13(8-11)10-14-9-12(2)15(3)4/h11-14H,5-10H2,1-4H3. The first-order chi connectivity index (χ1) is 7.09. The van der Waals surface area contributed by atoms with Crippen molar-refractivity contribution in [1.82, 2.24) is 10.2 Å². The van der Waals surface area contributed by atoms with Crippen LogP contribution in [0.5, 0.6) is 0 Å². The third-order valence-electron chi connectivity index (χ3n) is 3.80. The molecule has 2 heteroatoms. The van der Waals surface area contributed by atoms with Crippen molar-refractivity contribution in [1.29, 1.82) is 0 Å². The minimum Gasteiger partial charge on any atom is -0.315 e. The number of nitrogens with one attached hydrogen (secondary N) is 1. The van der Waals surface area contributed by atoms with Crippen LogP contribution in [0.4, 0.5) is 0 Å². The zero-order valence-electron chi connectivity index (χ0n) is 10.9. The largest absolute Gasteiger partial charge is 0.315 e. The van der Waals surface area contributed by atoms with Gasteiger partial charge in [-0.25, -0.2) is 0 Å². The molecule has 0 heterocycles. The maximum Gasteiger partial charge on any atom is 0.0186 e. The molecule has 0 radical (unpaired) electrons. The van der Waals surface area contributed by atoms with E-state index in [1.807, 2.05) is 0 Å². The van der Waals surface area contributed by atoms with Gasteiger partial charge in [-0.3, -0.25) is 0 Å². The summed E-state index contributed by atoms with van der Waals surface area (Å²) in [6, 6.07) is 0.644. The Hall–Kier alpha value is -0.0800. The zero-order chi connectivity index (χ0) is 11.3. The van der Waals surface area contributed by atoms with Crippen LogP contribution in [-0.2, 0) is 0 Å². The van der Waals surface area contributed by atoms with Crippen molar-refractivity contribution in [2.75, 3.05) is 27.2 Å². The Morgan fingerprint density at radius 2 is 2.07 bits per heavy atom. The highest BCUT2D eigenvalue weighted by Gasteiger charge is 2.18. The van der Waals surface area contributed by atoms with Gasteiger partial charge < -0.3 is 10.2 Å². The average Bonchev–Trinajstić information content (AvgIpc) is 2.17. The van der Waals surface area contributed by atoms with Gasteiger partial charge in [0.05, 0.1) is 0 Å². The maximum atomic E-state index is 3.62. The summed E-state index contributed by atoms with van der Waals surface area (Å²) in [4.78, 5) is 2.27. The van der Waals surface area contributed by atoms with Gasteiger partial charge in [-0.2, -0.15) is 0 Å². The van der Waals surface area contributed by atoms with Crippen LogP contribution in [-0.4, -0.2) is 38.1 Å². The topological polar surface area (TPSA) is 15.3 Å². The number of hydrogen-bond donors (Lipinski definition) is 1. The predicted molar refractivity (Wildman–Crippen MR) is 67.1 cm³/mol. The molecular formula is C13H28N2. The van der Waals surface area contributed by atoms with Crippen LogP contribution in [0.2, 0.25) is 0 Å². The molecule has 15 heavy (non-hydrogen) atoms. The predicted octanol–water partition coefficient (Wildman–Crippen LogP) is 2.35. The Balaban J connectivity index is 2.09. The maximum absolute atomic E-state index is 3.62. The molecule has 0 bridgehead atoms. The van der Waals surface area contributed by atoms with Crippen LogP contribution in [0.3, 0.4) is 0 Å². The second-order valence-electron chi connectivity index (χ2n) is 5.61. The second kappa shape index (κ2) is 6.49. The molecule has 1 fully saturated rings. The van der Waals surface area contributed by atoms with Crippen molar-refractivity contribution in [2.45, 2.75) is 45.6 Å². The van der Waals surface area contributed by atoms with Gasteiger partial charge in [-0.15, -0.1) is 0 Å². The fraction of sp³-hybridized carbons (Fsp3) is 1.00. The summed E-state index contributed by atoms with van der Waals surface area (Å²) < 4.78 is 0. The summed E-state index contributed by atoms with van der Waals surface area (Å²) in [5.41, 5.74) is 0. The summed E-state index contributed by atoms with van der Waals surface area (Å²) in [6.45, 7) is 7.02. The number of nitrogens with zero attached hydrogens (tertiary/aromatic N) is 1. The molecule has 1 aliphatic rings. The van der Waals surface area contributed by atoms with Crippen molar-refractivity contribution in [3.8, 4) is 0 Å². The van der Waals surface area contributed by atoms with Crippen molar-refractivity contribution < 1.29 is 0 Å². The first-order valence-electron chi connectivity index (χ1n) is 6.46. The van der Waals surface area contributed by atoms with Crippen molar-refractivity contribution >= 4 is 0 Å². The van der Waals surface area contributed by atoms with Crippen LogP contribution >= 0.6 is 0 Å². The average molecular weight is 212 g/mol. The van der Waals surface area contributed by atoms with Gasteiger partial charge in [-0.1, -0.05) is 19.8 Å². The molecule has 0 aliphatic heterocycles. The van der Waals surface area contributed by atoms with Crippen LogP contribution < -0.4 is 5.32 Å². The molecule has 90 valence electrons. The van der Waals surface area contributed by atoms with E-state index in [2.05, 4.69) is 38.2 Å². The van der Waals surface area contributed by atoms with Gasteiger partial charge in [0, 0.05) is 12.6 Å². The molecule has 1 saturated carbocycles. The summed E-state index contributed by atoms with van der Waals surface area (Å²) in [5, 5.41) is 3.62. The highest BCUT2D eigenvalue weighted by atomic mass is 15.1. The fourth-order valence-electron chi connectivity index (χ4n) is 2.42. The van der Waals surface area contributed by atoms with E-state index in [4.69, 9.17) is 0 Å². The minimum atomic E-state index is 0.644. The van der Waals surface area contributed by atoms with E-state index in [0.717, 1.165) is 18.4 Å². The Bertz CT molecular complexity index is 168. The normalized spacial score (nSPS) is 29.4. The monoisotopic (exact) mass is 212 g/mol. The third kappa shape index (κ3) is 4.98. The van der Waals surface area contributed by atoms with Crippen molar-refractivity contribution in [3.05, 3.63) is 0 Å². The highest BCUT2D eigenvalue weighted by Crippen LogP contribution is 2.27. The quantitative estimate of drug-likeness (QED) is 0.752. The summed E-state index contributed by atoms with van der Waals surface area (Å²) >= 11 is 0. The zero-order valence-corrected chi connectivity index (χ0v) is 10.9. The Morgan fingerprint density at radius 3 is 2.67 bits per heavy atom. The van der Waals surface area contributed by atoms with Crippen LogP contribution in [0.15, 0.2) is 0 Å². The highest BCUT2D eigenvalue weighted by molar-refractivity contribution is 4.73. The molecule has 1 rings (SSSR count). The molecule has 0 aromatic rings. The number of hydrogen-bond acceptors (Lipinski definition) is 2. The lowest BCUT2D eigenvalue weighted by Gasteiger charge is -2.28. The molecule has 0 saturated heterocycles. The molecular weight excluding hydrogens is 184 g/mol. The molecule has 1 N–H and O–H groups in total. The van der Waals surface area contributed by atoms with E-state index in [0.29, 0.717) is 6.04 Å². The van der Waals surface area contributed by atoms with E-state index < -0.39 is 0 Å². The van der Waals surface area contributed by atoms with Gasteiger partial charge in [0.25, 0.3) is 0 Å². The van der Waals surface area contributed by atoms with Crippen LogP contribution in [0, 0.1) is 11.8 Å². The molecule has 1 aliphatic carbocycles. The van der Waals surface area contributed by atoms with Crippen molar-refractivity contribution in [3.63, 3.8) is 0 Å². The lowest BCUT2D eigenvalue weighted by Crippen LogP contribution is -2.38. The minimum absolute atomic E-state index is 0.644. The van der Waals surface area contributed by atoms with E-state index in [9.17, 15) is 0 Å². The smallest absolute Gasteiger partial charge is 0.0186 e. The second-order valence-corrected chi connectivity index (χ2v) is 5.61. The Kier molecular flexibility index (Phi) is 5.62. The molecule has 3 unspecified atom stereocenters. The van der Waals surface area contributed by atoms with E-state index >= 15 is 0 Å². The third-order valence-corrected chi connectivity index (χ3v) is 3.80. The first kappa shape index (κ1) is 13.0. The van der Waals surface area contributed by atoms with Gasteiger partial charge in [0.1, 0.15) is 0 Å². The summed E-state index contributed by atoms with van der Waals surface area (Å²) in [7, 11) is 4.30.